The Morgan fingerprint density at radius 3 is 2.71 bits per heavy atom. The first-order valence-electron chi connectivity index (χ1n) is 10.3. The van der Waals surface area contributed by atoms with Gasteiger partial charge < -0.3 is 14.8 Å². The van der Waals surface area contributed by atoms with Crippen molar-refractivity contribution in [1.82, 2.24) is 5.32 Å². The molecule has 0 saturated carbocycles. The molecule has 1 aromatic carbocycles. The van der Waals surface area contributed by atoms with Crippen LogP contribution in [0, 0.1) is 17.3 Å². The van der Waals surface area contributed by atoms with Gasteiger partial charge >= 0.3 is 5.97 Å². The molecule has 152 valence electrons. The number of methoxy groups -OCH3 is 1. The number of esters is 1. The van der Waals surface area contributed by atoms with Crippen molar-refractivity contribution >= 4 is 5.97 Å². The average Bonchev–Trinajstić information content (AvgIpc) is 2.67. The van der Waals surface area contributed by atoms with Gasteiger partial charge in [0, 0.05) is 6.04 Å². The van der Waals surface area contributed by atoms with Gasteiger partial charge in [0.1, 0.15) is 11.5 Å². The van der Waals surface area contributed by atoms with Gasteiger partial charge in [0.05, 0.1) is 12.5 Å². The predicted octanol–water partition coefficient (Wildman–Crippen LogP) is 4.44. The average molecular weight is 384 g/mol. The number of hydrogen-bond donors (Lipinski definition) is 1. The number of nitrogens with one attached hydrogen (secondary N) is 1. The molecular formula is C24H33NO3. The van der Waals surface area contributed by atoms with Gasteiger partial charge in [-0.25, -0.2) is 0 Å². The molecule has 3 atom stereocenters. The molecule has 0 bridgehead atoms. The molecule has 4 heteroatoms. The zero-order chi connectivity index (χ0) is 20.3. The Morgan fingerprint density at radius 2 is 2.04 bits per heavy atom. The first-order valence-corrected chi connectivity index (χ1v) is 10.3. The van der Waals surface area contributed by atoms with Crippen LogP contribution in [0.25, 0.3) is 0 Å². The Balaban J connectivity index is 1.72. The quantitative estimate of drug-likeness (QED) is 0.603. The minimum Gasteiger partial charge on any atom is -0.497 e. The van der Waals surface area contributed by atoms with Crippen LogP contribution >= 0.6 is 0 Å². The molecule has 0 aromatic heterocycles. The molecule has 0 saturated heterocycles. The first kappa shape index (κ1) is 20.7. The van der Waals surface area contributed by atoms with Gasteiger partial charge in [0.25, 0.3) is 0 Å². The number of rotatable bonds is 5. The van der Waals surface area contributed by atoms with E-state index >= 15 is 0 Å². The number of carbonyl (C=O) groups excluding carboxylic acids is 1. The third-order valence-electron chi connectivity index (χ3n) is 5.73. The summed E-state index contributed by atoms with van der Waals surface area (Å²) < 4.78 is 11.0. The zero-order valence-electron chi connectivity index (χ0n) is 17.7. The Kier molecular flexibility index (Phi) is 6.29. The van der Waals surface area contributed by atoms with Crippen molar-refractivity contribution in [2.24, 2.45) is 17.3 Å². The molecule has 3 rings (SSSR count). The summed E-state index contributed by atoms with van der Waals surface area (Å²) >= 11 is 0. The lowest BCUT2D eigenvalue weighted by atomic mass is 9.73. The van der Waals surface area contributed by atoms with Crippen LogP contribution in [-0.4, -0.2) is 25.7 Å². The molecule has 2 unspecified atom stereocenters. The molecule has 2 aliphatic carbocycles. The van der Waals surface area contributed by atoms with E-state index in [1.54, 1.807) is 7.11 Å². The molecule has 1 aromatic rings. The second-order valence-corrected chi connectivity index (χ2v) is 8.87. The van der Waals surface area contributed by atoms with Crippen LogP contribution in [0.2, 0.25) is 0 Å². The monoisotopic (exact) mass is 383 g/mol. The largest absolute Gasteiger partial charge is 0.497 e. The number of ether oxygens (including phenoxy) is 2. The van der Waals surface area contributed by atoms with E-state index in [4.69, 9.17) is 9.47 Å². The number of allylic oxidation sites excluding steroid dienone is 1. The summed E-state index contributed by atoms with van der Waals surface area (Å²) in [6, 6.07) is 6.43. The number of aryl methyl sites for hydroxylation is 1. The minimum absolute atomic E-state index is 0.192. The molecule has 0 heterocycles. The lowest BCUT2D eigenvalue weighted by molar-refractivity contribution is -0.143. The van der Waals surface area contributed by atoms with Crippen molar-refractivity contribution < 1.29 is 14.3 Å². The van der Waals surface area contributed by atoms with E-state index in [0.29, 0.717) is 23.6 Å². The maximum Gasteiger partial charge on any atom is 0.316 e. The Morgan fingerprint density at radius 1 is 1.25 bits per heavy atom. The normalized spacial score (nSPS) is 24.3. The van der Waals surface area contributed by atoms with E-state index in [-0.39, 0.29) is 5.97 Å². The van der Waals surface area contributed by atoms with Crippen LogP contribution in [0.5, 0.6) is 5.75 Å². The molecule has 0 aliphatic heterocycles. The number of hydrogen-bond acceptors (Lipinski definition) is 4. The molecule has 4 nitrogen and oxygen atoms in total. The number of benzene rings is 1. The maximum absolute atomic E-state index is 12.2. The van der Waals surface area contributed by atoms with Crippen molar-refractivity contribution in [2.75, 3.05) is 13.7 Å². The van der Waals surface area contributed by atoms with E-state index in [0.717, 1.165) is 31.6 Å². The maximum atomic E-state index is 12.2. The highest BCUT2D eigenvalue weighted by Gasteiger charge is 2.31. The Hall–Kier alpha value is -2.07. The highest BCUT2D eigenvalue weighted by molar-refractivity contribution is 5.77. The van der Waals surface area contributed by atoms with Gasteiger partial charge in [-0.3, -0.25) is 4.79 Å². The summed E-state index contributed by atoms with van der Waals surface area (Å²) in [6.07, 6.45) is 9.82. The molecule has 0 radical (unpaired) electrons. The number of carbonyl (C=O) groups is 1. The van der Waals surface area contributed by atoms with Gasteiger partial charge in [-0.05, 0) is 93.8 Å². The van der Waals surface area contributed by atoms with Crippen LogP contribution in [0.15, 0.2) is 42.2 Å². The minimum atomic E-state index is -0.496. The van der Waals surface area contributed by atoms with Crippen molar-refractivity contribution in [3.05, 3.63) is 53.3 Å². The topological polar surface area (TPSA) is 47.6 Å². The van der Waals surface area contributed by atoms with E-state index in [9.17, 15) is 4.79 Å². The van der Waals surface area contributed by atoms with Crippen LogP contribution in [0.3, 0.4) is 0 Å². The third kappa shape index (κ3) is 4.67. The lowest BCUT2D eigenvalue weighted by Gasteiger charge is -2.36. The SMILES string of the molecule is CCNC1C=C(OC)C=CC1[C@@H]1CCc2cc(OC(=O)C(C)(C)C)ccc2C1. The molecule has 2 aliphatic rings. The molecule has 1 N–H and O–H groups in total. The number of likely N-dealkylation sites (N-methyl/N-ethyl adjacent to an activating group) is 1. The predicted molar refractivity (Wildman–Crippen MR) is 112 cm³/mol. The smallest absolute Gasteiger partial charge is 0.316 e. The molecule has 0 amide bonds. The lowest BCUT2D eigenvalue weighted by Crippen LogP contribution is -2.40. The highest BCUT2D eigenvalue weighted by Crippen LogP contribution is 2.36. The fraction of sp³-hybridized carbons (Fsp3) is 0.542. The van der Waals surface area contributed by atoms with Crippen molar-refractivity contribution in [2.45, 2.75) is 53.0 Å². The van der Waals surface area contributed by atoms with E-state index < -0.39 is 5.41 Å². The summed E-state index contributed by atoms with van der Waals surface area (Å²) in [6.45, 7) is 8.71. The van der Waals surface area contributed by atoms with Gasteiger partial charge in [0.15, 0.2) is 0 Å². The standard InChI is InChI=1S/C24H33NO3/c1-6-25-22-15-19(27-5)11-12-21(22)18-8-7-17-14-20(10-9-16(17)13-18)28-23(26)24(2,3)4/h9-12,14-15,18,21-22,25H,6-8,13H2,1-5H3/t18-,21?,22?/m1/s1. The molecule has 0 spiro atoms. The van der Waals surface area contributed by atoms with Crippen LogP contribution < -0.4 is 10.1 Å². The van der Waals surface area contributed by atoms with Gasteiger partial charge in [-0.2, -0.15) is 0 Å². The fourth-order valence-corrected chi connectivity index (χ4v) is 4.10. The van der Waals surface area contributed by atoms with E-state index in [1.807, 2.05) is 26.8 Å². The summed E-state index contributed by atoms with van der Waals surface area (Å²) in [5.41, 5.74) is 2.19. The van der Waals surface area contributed by atoms with Crippen molar-refractivity contribution in [3.8, 4) is 5.75 Å². The van der Waals surface area contributed by atoms with E-state index in [2.05, 4.69) is 42.6 Å². The summed E-state index contributed by atoms with van der Waals surface area (Å²) in [5.74, 6) is 2.45. The Labute approximate surface area is 169 Å². The summed E-state index contributed by atoms with van der Waals surface area (Å²) in [4.78, 5) is 12.2. The van der Waals surface area contributed by atoms with Crippen LogP contribution in [0.1, 0.15) is 45.2 Å². The van der Waals surface area contributed by atoms with Gasteiger partial charge in [-0.15, -0.1) is 0 Å². The van der Waals surface area contributed by atoms with E-state index in [1.165, 1.54) is 11.1 Å². The summed E-state index contributed by atoms with van der Waals surface area (Å²) in [7, 11) is 1.72. The van der Waals surface area contributed by atoms with Crippen molar-refractivity contribution in [3.63, 3.8) is 0 Å². The van der Waals surface area contributed by atoms with Crippen LogP contribution in [0.4, 0.5) is 0 Å². The highest BCUT2D eigenvalue weighted by atomic mass is 16.5. The summed E-state index contributed by atoms with van der Waals surface area (Å²) in [5, 5.41) is 3.60. The fourth-order valence-electron chi connectivity index (χ4n) is 4.10. The van der Waals surface area contributed by atoms with Crippen LogP contribution in [-0.2, 0) is 22.4 Å². The number of fused-ring (bicyclic) bond motifs is 1. The van der Waals surface area contributed by atoms with Gasteiger partial charge in [-0.1, -0.05) is 19.1 Å². The second-order valence-electron chi connectivity index (χ2n) is 8.87. The first-order chi connectivity index (χ1) is 13.3. The molecular weight excluding hydrogens is 350 g/mol. The Bertz CT molecular complexity index is 773. The molecule has 0 fully saturated rings. The third-order valence-corrected chi connectivity index (χ3v) is 5.73. The second kappa shape index (κ2) is 8.52. The zero-order valence-corrected chi connectivity index (χ0v) is 17.7. The van der Waals surface area contributed by atoms with Gasteiger partial charge in [0.2, 0.25) is 0 Å². The van der Waals surface area contributed by atoms with Crippen molar-refractivity contribution in [1.29, 1.82) is 0 Å². The molecule has 28 heavy (non-hydrogen) atoms.